The summed E-state index contributed by atoms with van der Waals surface area (Å²) in [5.41, 5.74) is 0.133. The Balaban J connectivity index is 2.34. The molecule has 0 spiro atoms. The maximum Gasteiger partial charge on any atom is 0.309 e. The fraction of sp³-hybridized carbons (Fsp3) is 0.692. The number of aryl methyl sites for hydroxylation is 1. The highest BCUT2D eigenvalue weighted by molar-refractivity contribution is 7.09. The molecule has 0 unspecified atom stereocenters. The Bertz CT molecular complexity index is 940. The van der Waals surface area contributed by atoms with E-state index in [2.05, 4.69) is 4.98 Å². The van der Waals surface area contributed by atoms with Crippen LogP contribution >= 0.6 is 11.3 Å². The minimum absolute atomic E-state index is 0.0404. The van der Waals surface area contributed by atoms with Crippen molar-refractivity contribution in [3.63, 3.8) is 0 Å². The van der Waals surface area contributed by atoms with Crippen LogP contribution in [0.5, 0.6) is 0 Å². The van der Waals surface area contributed by atoms with E-state index in [4.69, 9.17) is 4.74 Å². The first kappa shape index (κ1) is 29.1. The Morgan fingerprint density at radius 3 is 2.49 bits per heavy atom. The van der Waals surface area contributed by atoms with Crippen LogP contribution in [0.1, 0.15) is 71.0 Å². The molecule has 5 atom stereocenters. The minimum Gasteiger partial charge on any atom is -0.457 e. The summed E-state index contributed by atoms with van der Waals surface area (Å²) < 4.78 is 5.68. The summed E-state index contributed by atoms with van der Waals surface area (Å²) in [6.07, 6.45) is -0.363. The average molecular weight is 509 g/mol. The highest BCUT2D eigenvalue weighted by Gasteiger charge is 2.42. The first-order valence-electron chi connectivity index (χ1n) is 12.2. The van der Waals surface area contributed by atoms with Crippen LogP contribution in [0.15, 0.2) is 11.0 Å². The van der Waals surface area contributed by atoms with Crippen LogP contribution in [-0.2, 0) is 19.1 Å². The van der Waals surface area contributed by atoms with Crippen LogP contribution in [0.4, 0.5) is 0 Å². The van der Waals surface area contributed by atoms with E-state index in [1.54, 1.807) is 45.7 Å². The smallest absolute Gasteiger partial charge is 0.309 e. The van der Waals surface area contributed by atoms with E-state index in [0.717, 1.165) is 10.7 Å². The Labute approximate surface area is 212 Å². The molecule has 8 nitrogen and oxygen atoms in total. The Morgan fingerprint density at radius 2 is 1.89 bits per heavy atom. The lowest BCUT2D eigenvalue weighted by Crippen LogP contribution is -2.46. The third-order valence-electron chi connectivity index (χ3n) is 7.07. The van der Waals surface area contributed by atoms with Crippen molar-refractivity contribution in [2.45, 2.75) is 85.5 Å². The fourth-order valence-corrected chi connectivity index (χ4v) is 4.92. The largest absolute Gasteiger partial charge is 0.457 e. The van der Waals surface area contributed by atoms with Crippen LogP contribution in [0.3, 0.4) is 0 Å². The lowest BCUT2D eigenvalue weighted by atomic mass is 9.73. The second kappa shape index (κ2) is 12.2. The molecule has 1 aliphatic heterocycles. The number of aliphatic hydroxyl groups excluding tert-OH is 2. The number of cyclic esters (lactones) is 1. The quantitative estimate of drug-likeness (QED) is 0.588. The number of thiazole rings is 1. The Morgan fingerprint density at radius 1 is 1.23 bits per heavy atom. The van der Waals surface area contributed by atoms with Crippen molar-refractivity contribution in [3.05, 3.63) is 21.7 Å². The van der Waals surface area contributed by atoms with Crippen LogP contribution < -0.4 is 0 Å². The molecule has 2 rings (SSSR count). The number of ether oxygens (including phenoxy) is 1. The number of carbonyl (C=O) groups is 3. The van der Waals surface area contributed by atoms with Gasteiger partial charge in [-0.2, -0.15) is 0 Å². The van der Waals surface area contributed by atoms with Gasteiger partial charge in [-0.3, -0.25) is 14.4 Å². The van der Waals surface area contributed by atoms with E-state index in [-0.39, 0.29) is 24.0 Å². The van der Waals surface area contributed by atoms with Gasteiger partial charge in [0.2, 0.25) is 5.91 Å². The van der Waals surface area contributed by atoms with Crippen molar-refractivity contribution in [1.82, 2.24) is 9.88 Å². The van der Waals surface area contributed by atoms with E-state index >= 15 is 0 Å². The third kappa shape index (κ3) is 7.69. The number of hydrogen-bond acceptors (Lipinski definition) is 8. The SMILES string of the molecule is C/C(=C\c1csc(C)n1)[C@@H]1CC(=O)N(C)CCC[C@H](C)[C@H](O)[C@@H](C)C(=O)C(C)(C)[C@@H](O)CC(=O)O1. The summed E-state index contributed by atoms with van der Waals surface area (Å²) in [5.74, 6) is -2.05. The monoisotopic (exact) mass is 508 g/mol. The van der Waals surface area contributed by atoms with Crippen molar-refractivity contribution in [1.29, 1.82) is 0 Å². The zero-order valence-corrected chi connectivity index (χ0v) is 22.7. The first-order chi connectivity index (χ1) is 16.2. The van der Waals surface area contributed by atoms with Gasteiger partial charge < -0.3 is 19.8 Å². The highest BCUT2D eigenvalue weighted by atomic mass is 32.1. The van der Waals surface area contributed by atoms with Gasteiger partial charge in [-0.15, -0.1) is 11.3 Å². The van der Waals surface area contributed by atoms with E-state index in [1.165, 1.54) is 11.3 Å². The van der Waals surface area contributed by atoms with Crippen molar-refractivity contribution in [2.75, 3.05) is 13.6 Å². The number of amides is 1. The summed E-state index contributed by atoms with van der Waals surface area (Å²) in [4.78, 5) is 44.9. The number of aromatic nitrogens is 1. The van der Waals surface area contributed by atoms with Crippen molar-refractivity contribution in [2.24, 2.45) is 17.3 Å². The average Bonchev–Trinajstić information content (AvgIpc) is 3.20. The molecule has 0 saturated carbocycles. The van der Waals surface area contributed by atoms with E-state index in [0.29, 0.717) is 25.0 Å². The predicted octanol–water partition coefficient (Wildman–Crippen LogP) is 3.39. The molecule has 1 fully saturated rings. The molecule has 35 heavy (non-hydrogen) atoms. The number of esters is 1. The van der Waals surface area contributed by atoms with Gasteiger partial charge in [-0.25, -0.2) is 4.98 Å². The molecule has 0 aliphatic carbocycles. The minimum atomic E-state index is -1.30. The van der Waals surface area contributed by atoms with Crippen LogP contribution in [0.2, 0.25) is 0 Å². The zero-order valence-electron chi connectivity index (χ0n) is 21.9. The predicted molar refractivity (Wildman–Crippen MR) is 136 cm³/mol. The molecule has 1 amide bonds. The third-order valence-corrected chi connectivity index (χ3v) is 7.86. The van der Waals surface area contributed by atoms with Gasteiger partial charge in [-0.1, -0.05) is 27.7 Å². The van der Waals surface area contributed by atoms with E-state index < -0.39 is 42.0 Å². The molecule has 1 aliphatic rings. The number of rotatable bonds is 2. The lowest BCUT2D eigenvalue weighted by molar-refractivity contribution is -0.155. The van der Waals surface area contributed by atoms with Gasteiger partial charge >= 0.3 is 5.97 Å². The molecule has 9 heteroatoms. The lowest BCUT2D eigenvalue weighted by Gasteiger charge is -2.34. The first-order valence-corrected chi connectivity index (χ1v) is 13.1. The van der Waals surface area contributed by atoms with E-state index in [1.807, 2.05) is 19.2 Å². The summed E-state index contributed by atoms with van der Waals surface area (Å²) in [5, 5.41) is 24.4. The molecule has 1 saturated heterocycles. The Kier molecular flexibility index (Phi) is 10.2. The summed E-state index contributed by atoms with van der Waals surface area (Å²) in [6, 6.07) is 0. The Hall–Kier alpha value is -2.10. The van der Waals surface area contributed by atoms with Gasteiger partial charge in [0.05, 0.1) is 41.2 Å². The molecule has 2 heterocycles. The number of aliphatic hydroxyl groups is 2. The topological polar surface area (TPSA) is 117 Å². The second-order valence-electron chi connectivity index (χ2n) is 10.4. The summed E-state index contributed by atoms with van der Waals surface area (Å²) >= 11 is 1.50. The van der Waals surface area contributed by atoms with Gasteiger partial charge in [0.1, 0.15) is 11.9 Å². The maximum atomic E-state index is 13.2. The van der Waals surface area contributed by atoms with Gasteiger partial charge in [-0.05, 0) is 44.3 Å². The van der Waals surface area contributed by atoms with Crippen LogP contribution in [0.25, 0.3) is 6.08 Å². The summed E-state index contributed by atoms with van der Waals surface area (Å²) in [7, 11) is 1.70. The highest BCUT2D eigenvalue weighted by Crippen LogP contribution is 2.32. The molecule has 0 bridgehead atoms. The van der Waals surface area contributed by atoms with Crippen molar-refractivity contribution in [3.8, 4) is 0 Å². The molecule has 196 valence electrons. The van der Waals surface area contributed by atoms with Gasteiger partial charge in [0.15, 0.2) is 0 Å². The second-order valence-corrected chi connectivity index (χ2v) is 11.4. The van der Waals surface area contributed by atoms with Gasteiger partial charge in [0.25, 0.3) is 0 Å². The number of Topliss-reactive ketones (excluding diaryl/α,β-unsaturated/α-hetero) is 1. The number of ketones is 1. The summed E-state index contributed by atoms with van der Waals surface area (Å²) in [6.45, 7) is 10.9. The molecule has 2 N–H and O–H groups in total. The van der Waals surface area contributed by atoms with Crippen LogP contribution in [-0.4, -0.2) is 69.7 Å². The molecule has 1 aromatic heterocycles. The maximum absolute atomic E-state index is 13.2. The zero-order chi connectivity index (χ0) is 26.5. The normalized spacial score (nSPS) is 30.3. The van der Waals surface area contributed by atoms with Gasteiger partial charge in [0, 0.05) is 24.9 Å². The number of hydrogen-bond donors (Lipinski definition) is 2. The van der Waals surface area contributed by atoms with Crippen molar-refractivity contribution < 1.29 is 29.3 Å². The van der Waals surface area contributed by atoms with E-state index in [9.17, 15) is 24.6 Å². The number of nitrogens with zero attached hydrogens (tertiary/aromatic N) is 2. The molecular weight excluding hydrogens is 468 g/mol. The number of carbonyl (C=O) groups excluding carboxylic acids is 3. The standard InChI is InChI=1S/C26H40N2O6S/c1-15-9-8-10-28(7)22(30)12-20(16(2)11-19-14-35-18(4)27-19)34-23(31)13-21(29)26(5,6)25(33)17(3)24(15)32/h11,14-15,17,20-21,24,29,32H,8-10,12-13H2,1-7H3/b16-11+/t15-,17+,20-,21-,24-/m0/s1. The van der Waals surface area contributed by atoms with Crippen LogP contribution in [0, 0.1) is 24.2 Å². The molecule has 0 radical (unpaired) electrons. The molecular formula is C26H40N2O6S. The fourth-order valence-electron chi connectivity index (χ4n) is 4.35. The molecule has 1 aromatic rings. The van der Waals surface area contributed by atoms with Crippen molar-refractivity contribution >= 4 is 35.1 Å². The molecule has 0 aromatic carbocycles.